The second kappa shape index (κ2) is 3.34. The second-order valence-electron chi connectivity index (χ2n) is 2.71. The Balaban J connectivity index is 2.73. The number of nitrogens with one attached hydrogen (secondary N) is 1. The van der Waals surface area contributed by atoms with Crippen molar-refractivity contribution < 1.29 is 19.2 Å². The Bertz CT molecular complexity index is 277. The van der Waals surface area contributed by atoms with Crippen LogP contribution in [0.25, 0.3) is 0 Å². The molecule has 13 heavy (non-hydrogen) atoms. The van der Waals surface area contributed by atoms with Crippen molar-refractivity contribution in [2.45, 2.75) is 13.3 Å². The first kappa shape index (κ1) is 9.37. The molecule has 6 nitrogen and oxygen atoms in total. The van der Waals surface area contributed by atoms with Gasteiger partial charge in [-0.2, -0.15) is 0 Å². The number of carbonyl (C=O) groups is 4. The lowest BCUT2D eigenvalue weighted by Crippen LogP contribution is -2.53. The van der Waals surface area contributed by atoms with Crippen LogP contribution in [-0.2, 0) is 14.4 Å². The standard InChI is InChI=1S/C7H8N2O4/c1-4(10)3-9-6(12)2-5(11)8-7(9)13/h2-3H2,1H3,(H,8,11,13). The average Bonchev–Trinajstić information content (AvgIpc) is 1.96. The fraction of sp³-hybridized carbons (Fsp3) is 0.429. The van der Waals surface area contributed by atoms with Gasteiger partial charge in [0.25, 0.3) is 0 Å². The number of carbonyl (C=O) groups excluding carboxylic acids is 4. The molecule has 0 aromatic carbocycles. The summed E-state index contributed by atoms with van der Waals surface area (Å²) in [7, 11) is 0. The molecule has 1 saturated heterocycles. The predicted molar refractivity (Wildman–Crippen MR) is 40.5 cm³/mol. The minimum absolute atomic E-state index is 0.280. The van der Waals surface area contributed by atoms with Crippen LogP contribution < -0.4 is 5.32 Å². The first-order valence-corrected chi connectivity index (χ1v) is 3.64. The highest BCUT2D eigenvalue weighted by molar-refractivity contribution is 6.15. The first-order chi connectivity index (χ1) is 6.00. The van der Waals surface area contributed by atoms with Crippen molar-refractivity contribution in [3.8, 4) is 0 Å². The maximum absolute atomic E-state index is 11.0. The molecule has 0 aliphatic carbocycles. The van der Waals surface area contributed by atoms with Gasteiger partial charge in [0.2, 0.25) is 11.8 Å². The molecule has 0 unspecified atom stereocenters. The van der Waals surface area contributed by atoms with E-state index in [1.165, 1.54) is 6.92 Å². The lowest BCUT2D eigenvalue weighted by molar-refractivity contribution is -0.138. The van der Waals surface area contributed by atoms with Crippen LogP contribution >= 0.6 is 0 Å². The van der Waals surface area contributed by atoms with E-state index in [1.807, 2.05) is 5.32 Å². The summed E-state index contributed by atoms with van der Waals surface area (Å²) in [5, 5.41) is 1.94. The number of ketones is 1. The number of rotatable bonds is 2. The quantitative estimate of drug-likeness (QED) is 0.560. The maximum atomic E-state index is 11.0. The van der Waals surface area contributed by atoms with E-state index in [4.69, 9.17) is 0 Å². The van der Waals surface area contributed by atoms with Crippen LogP contribution in [0.5, 0.6) is 0 Å². The topological polar surface area (TPSA) is 83.6 Å². The van der Waals surface area contributed by atoms with Crippen molar-refractivity contribution in [3.63, 3.8) is 0 Å². The Hall–Kier alpha value is -1.72. The van der Waals surface area contributed by atoms with Crippen LogP contribution in [0.3, 0.4) is 0 Å². The number of hydrogen-bond donors (Lipinski definition) is 1. The van der Waals surface area contributed by atoms with Crippen molar-refractivity contribution in [3.05, 3.63) is 0 Å². The maximum Gasteiger partial charge on any atom is 0.331 e. The molecule has 1 fully saturated rings. The van der Waals surface area contributed by atoms with Crippen molar-refractivity contribution in [2.24, 2.45) is 0 Å². The normalized spacial score (nSPS) is 17.3. The molecule has 1 rings (SSSR count). The molecule has 0 bridgehead atoms. The second-order valence-corrected chi connectivity index (χ2v) is 2.71. The first-order valence-electron chi connectivity index (χ1n) is 3.64. The molecule has 0 saturated carbocycles. The Labute approximate surface area is 73.9 Å². The van der Waals surface area contributed by atoms with E-state index in [-0.39, 0.29) is 18.7 Å². The lowest BCUT2D eigenvalue weighted by Gasteiger charge is -2.23. The van der Waals surface area contributed by atoms with E-state index in [0.717, 1.165) is 4.90 Å². The van der Waals surface area contributed by atoms with Crippen molar-refractivity contribution >= 4 is 23.6 Å². The molecule has 0 atom stereocenters. The number of nitrogens with zero attached hydrogens (tertiary/aromatic N) is 1. The van der Waals surface area contributed by atoms with Gasteiger partial charge in [0, 0.05) is 0 Å². The largest absolute Gasteiger partial charge is 0.331 e. The van der Waals surface area contributed by atoms with E-state index < -0.39 is 17.8 Å². The fourth-order valence-corrected chi connectivity index (χ4v) is 0.960. The molecule has 1 N–H and O–H groups in total. The number of amides is 4. The van der Waals surface area contributed by atoms with Crippen LogP contribution in [-0.4, -0.2) is 35.1 Å². The number of Topliss-reactive ketones (excluding diaryl/α,β-unsaturated/α-hetero) is 1. The zero-order valence-corrected chi connectivity index (χ0v) is 6.99. The van der Waals surface area contributed by atoms with E-state index in [9.17, 15) is 19.2 Å². The summed E-state index contributed by atoms with van der Waals surface area (Å²) >= 11 is 0. The summed E-state index contributed by atoms with van der Waals surface area (Å²) < 4.78 is 0. The van der Waals surface area contributed by atoms with Crippen molar-refractivity contribution in [1.29, 1.82) is 0 Å². The zero-order valence-electron chi connectivity index (χ0n) is 6.99. The number of imide groups is 2. The monoisotopic (exact) mass is 184 g/mol. The van der Waals surface area contributed by atoms with Crippen LogP contribution in [0.2, 0.25) is 0 Å². The van der Waals surface area contributed by atoms with Crippen molar-refractivity contribution in [1.82, 2.24) is 10.2 Å². The van der Waals surface area contributed by atoms with Gasteiger partial charge < -0.3 is 0 Å². The van der Waals surface area contributed by atoms with Gasteiger partial charge in [0.1, 0.15) is 12.2 Å². The van der Waals surface area contributed by atoms with Gasteiger partial charge in [0.05, 0.1) is 6.54 Å². The van der Waals surface area contributed by atoms with Crippen LogP contribution in [0.1, 0.15) is 13.3 Å². The van der Waals surface area contributed by atoms with Crippen LogP contribution in [0.4, 0.5) is 4.79 Å². The van der Waals surface area contributed by atoms with E-state index >= 15 is 0 Å². The molecule has 4 amide bonds. The molecule has 0 aromatic heterocycles. The molecule has 1 heterocycles. The van der Waals surface area contributed by atoms with E-state index in [0.29, 0.717) is 0 Å². The minimum atomic E-state index is -0.823. The number of barbiturate groups is 1. The highest BCUT2D eigenvalue weighted by Gasteiger charge is 2.31. The van der Waals surface area contributed by atoms with Gasteiger partial charge in [-0.25, -0.2) is 4.79 Å². The Morgan fingerprint density at radius 3 is 2.54 bits per heavy atom. The Morgan fingerprint density at radius 1 is 1.46 bits per heavy atom. The van der Waals surface area contributed by atoms with Crippen LogP contribution in [0, 0.1) is 0 Å². The predicted octanol–water partition coefficient (Wildman–Crippen LogP) is -0.956. The summed E-state index contributed by atoms with van der Waals surface area (Å²) in [5.41, 5.74) is 0. The molecule has 1 aliphatic heterocycles. The van der Waals surface area contributed by atoms with Gasteiger partial charge in [-0.15, -0.1) is 0 Å². The fourth-order valence-electron chi connectivity index (χ4n) is 0.960. The van der Waals surface area contributed by atoms with Gasteiger partial charge in [0.15, 0.2) is 0 Å². The van der Waals surface area contributed by atoms with Crippen molar-refractivity contribution in [2.75, 3.05) is 6.54 Å². The van der Waals surface area contributed by atoms with Gasteiger partial charge >= 0.3 is 6.03 Å². The minimum Gasteiger partial charge on any atom is -0.298 e. The summed E-state index contributed by atoms with van der Waals surface area (Å²) in [5.74, 6) is -1.57. The third-order valence-electron chi connectivity index (χ3n) is 1.49. The third kappa shape index (κ3) is 2.11. The smallest absolute Gasteiger partial charge is 0.298 e. The molecule has 6 heteroatoms. The molecule has 0 spiro atoms. The Morgan fingerprint density at radius 2 is 2.08 bits per heavy atom. The molecular weight excluding hydrogens is 176 g/mol. The molecule has 1 aliphatic rings. The molecule has 0 radical (unpaired) electrons. The van der Waals surface area contributed by atoms with E-state index in [1.54, 1.807) is 0 Å². The highest BCUT2D eigenvalue weighted by atomic mass is 16.2. The average molecular weight is 184 g/mol. The number of urea groups is 1. The summed E-state index contributed by atoms with van der Waals surface area (Å²) in [6.07, 6.45) is -0.376. The number of hydrogen-bond acceptors (Lipinski definition) is 4. The molecule has 70 valence electrons. The summed E-state index contributed by atoms with van der Waals surface area (Å²) in [6, 6.07) is -0.823. The third-order valence-corrected chi connectivity index (χ3v) is 1.49. The Kier molecular flexibility index (Phi) is 2.41. The molecular formula is C7H8N2O4. The zero-order chi connectivity index (χ0) is 10.0. The van der Waals surface area contributed by atoms with Crippen LogP contribution in [0.15, 0.2) is 0 Å². The SMILES string of the molecule is CC(=O)CN1C(=O)CC(=O)NC1=O. The van der Waals surface area contributed by atoms with E-state index in [2.05, 4.69) is 0 Å². The van der Waals surface area contributed by atoms with Gasteiger partial charge in [-0.1, -0.05) is 0 Å². The highest BCUT2D eigenvalue weighted by Crippen LogP contribution is 2.01. The van der Waals surface area contributed by atoms with Gasteiger partial charge in [-0.3, -0.25) is 24.6 Å². The molecule has 0 aromatic rings. The van der Waals surface area contributed by atoms with Gasteiger partial charge in [-0.05, 0) is 6.92 Å². The lowest BCUT2D eigenvalue weighted by atomic mass is 10.2. The summed E-state index contributed by atoms with van der Waals surface area (Å²) in [4.78, 5) is 44.0. The summed E-state index contributed by atoms with van der Waals surface area (Å²) in [6.45, 7) is 0.981.